The normalized spacial score (nSPS) is 11.0. The van der Waals surface area contributed by atoms with E-state index in [2.05, 4.69) is 5.32 Å². The van der Waals surface area contributed by atoms with E-state index < -0.39 is 23.3 Å². The first kappa shape index (κ1) is 18.9. The van der Waals surface area contributed by atoms with Gasteiger partial charge in [0.2, 0.25) is 5.91 Å². The molecule has 0 spiro atoms. The molecule has 0 bridgehead atoms. The van der Waals surface area contributed by atoms with Crippen LogP contribution in [0.4, 0.5) is 13.6 Å². The third kappa shape index (κ3) is 7.58. The monoisotopic (exact) mass is 328 g/mol. The number of hydrogen-bond acceptors (Lipinski definition) is 3. The maximum atomic E-state index is 13.0. The molecule has 0 fully saturated rings. The van der Waals surface area contributed by atoms with Gasteiger partial charge in [-0.3, -0.25) is 4.79 Å². The number of rotatable bonds is 5. The highest BCUT2D eigenvalue weighted by Gasteiger charge is 2.20. The van der Waals surface area contributed by atoms with Gasteiger partial charge in [-0.25, -0.2) is 13.6 Å². The van der Waals surface area contributed by atoms with Crippen molar-refractivity contribution in [1.82, 2.24) is 10.2 Å². The summed E-state index contributed by atoms with van der Waals surface area (Å²) in [5.74, 6) is -1.69. The van der Waals surface area contributed by atoms with Crippen molar-refractivity contribution in [3.8, 4) is 0 Å². The van der Waals surface area contributed by atoms with Crippen molar-refractivity contribution in [2.45, 2.75) is 32.8 Å². The lowest BCUT2D eigenvalue weighted by Crippen LogP contribution is -2.41. The molecule has 1 aromatic carbocycles. The lowest BCUT2D eigenvalue weighted by molar-refractivity contribution is -0.121. The summed E-state index contributed by atoms with van der Waals surface area (Å²) in [5.41, 5.74) is -0.188. The van der Waals surface area contributed by atoms with Crippen molar-refractivity contribution in [1.29, 1.82) is 0 Å². The van der Waals surface area contributed by atoms with Crippen LogP contribution in [0.15, 0.2) is 18.2 Å². The SMILES string of the molecule is CN(CC(=O)NCCc1cc(F)cc(F)c1)C(=O)OC(C)(C)C. The van der Waals surface area contributed by atoms with Crippen LogP contribution in [0, 0.1) is 11.6 Å². The number of nitrogens with zero attached hydrogens (tertiary/aromatic N) is 1. The number of nitrogens with one attached hydrogen (secondary N) is 1. The Labute approximate surface area is 134 Å². The first-order valence-corrected chi connectivity index (χ1v) is 7.22. The minimum Gasteiger partial charge on any atom is -0.444 e. The van der Waals surface area contributed by atoms with Gasteiger partial charge >= 0.3 is 6.09 Å². The van der Waals surface area contributed by atoms with Crippen molar-refractivity contribution in [2.75, 3.05) is 20.1 Å². The van der Waals surface area contributed by atoms with Crippen LogP contribution in [0.3, 0.4) is 0 Å². The molecule has 0 radical (unpaired) electrons. The Morgan fingerprint density at radius 3 is 2.26 bits per heavy atom. The minimum absolute atomic E-state index is 0.160. The van der Waals surface area contributed by atoms with E-state index in [1.807, 2.05) is 0 Å². The molecular formula is C16H22F2N2O3. The van der Waals surface area contributed by atoms with Crippen LogP contribution in [-0.2, 0) is 16.0 Å². The van der Waals surface area contributed by atoms with Crippen molar-refractivity contribution in [2.24, 2.45) is 0 Å². The van der Waals surface area contributed by atoms with E-state index in [0.717, 1.165) is 11.0 Å². The summed E-state index contributed by atoms with van der Waals surface area (Å²) >= 11 is 0. The van der Waals surface area contributed by atoms with Crippen molar-refractivity contribution in [3.05, 3.63) is 35.4 Å². The third-order valence-electron chi connectivity index (χ3n) is 2.74. The van der Waals surface area contributed by atoms with E-state index in [1.54, 1.807) is 20.8 Å². The Kier molecular flexibility index (Phi) is 6.48. The number of likely N-dealkylation sites (N-methyl/N-ethyl adjacent to an activating group) is 1. The van der Waals surface area contributed by atoms with E-state index >= 15 is 0 Å². The molecule has 0 atom stereocenters. The van der Waals surface area contributed by atoms with Gasteiger partial charge in [-0.2, -0.15) is 0 Å². The molecule has 23 heavy (non-hydrogen) atoms. The zero-order valence-electron chi connectivity index (χ0n) is 13.8. The number of carbonyl (C=O) groups is 2. The zero-order chi connectivity index (χ0) is 17.6. The second-order valence-corrected chi connectivity index (χ2v) is 6.21. The van der Waals surface area contributed by atoms with Crippen LogP contribution in [0.2, 0.25) is 0 Å². The van der Waals surface area contributed by atoms with E-state index in [-0.39, 0.29) is 25.4 Å². The Bertz CT molecular complexity index is 551. The Morgan fingerprint density at radius 1 is 1.17 bits per heavy atom. The first-order chi connectivity index (χ1) is 10.6. The molecule has 5 nitrogen and oxygen atoms in total. The maximum Gasteiger partial charge on any atom is 0.410 e. The Morgan fingerprint density at radius 2 is 1.74 bits per heavy atom. The van der Waals surface area contributed by atoms with Crippen molar-refractivity contribution < 1.29 is 23.1 Å². The second kappa shape index (κ2) is 7.89. The van der Waals surface area contributed by atoms with Crippen LogP contribution >= 0.6 is 0 Å². The molecule has 0 heterocycles. The molecule has 128 valence electrons. The molecule has 1 N–H and O–H groups in total. The molecule has 2 amide bonds. The van der Waals surface area contributed by atoms with Gasteiger partial charge < -0.3 is 15.0 Å². The van der Waals surface area contributed by atoms with Crippen LogP contribution in [0.1, 0.15) is 26.3 Å². The van der Waals surface area contributed by atoms with E-state index in [9.17, 15) is 18.4 Å². The van der Waals surface area contributed by atoms with Crippen molar-refractivity contribution >= 4 is 12.0 Å². The molecule has 0 aliphatic rings. The molecule has 7 heteroatoms. The van der Waals surface area contributed by atoms with Gasteiger partial charge in [0.25, 0.3) is 0 Å². The van der Waals surface area contributed by atoms with E-state index in [0.29, 0.717) is 5.56 Å². The summed E-state index contributed by atoms with van der Waals surface area (Å²) in [6, 6.07) is 3.21. The van der Waals surface area contributed by atoms with Crippen LogP contribution in [0.5, 0.6) is 0 Å². The highest BCUT2D eigenvalue weighted by atomic mass is 19.1. The highest BCUT2D eigenvalue weighted by Crippen LogP contribution is 2.09. The second-order valence-electron chi connectivity index (χ2n) is 6.21. The summed E-state index contributed by atoms with van der Waals surface area (Å²) in [6.45, 7) is 5.25. The van der Waals surface area contributed by atoms with Gasteiger partial charge in [0.1, 0.15) is 23.8 Å². The predicted molar refractivity (Wildman–Crippen MR) is 81.9 cm³/mol. The smallest absolute Gasteiger partial charge is 0.410 e. The number of carbonyl (C=O) groups excluding carboxylic acids is 2. The minimum atomic E-state index is -0.656. The molecule has 0 unspecified atom stereocenters. The number of halogens is 2. The van der Waals surface area contributed by atoms with Crippen molar-refractivity contribution in [3.63, 3.8) is 0 Å². The molecular weight excluding hydrogens is 306 g/mol. The van der Waals surface area contributed by atoms with Gasteiger partial charge in [0.15, 0.2) is 0 Å². The maximum absolute atomic E-state index is 13.0. The summed E-state index contributed by atoms with van der Waals surface area (Å²) in [7, 11) is 1.45. The molecule has 1 aromatic rings. The lowest BCUT2D eigenvalue weighted by Gasteiger charge is -2.24. The summed E-state index contributed by atoms with van der Waals surface area (Å²) < 4.78 is 31.2. The molecule has 1 rings (SSSR count). The fourth-order valence-electron chi connectivity index (χ4n) is 1.78. The lowest BCUT2D eigenvalue weighted by atomic mass is 10.1. The third-order valence-corrected chi connectivity index (χ3v) is 2.74. The van der Waals surface area contributed by atoms with Crippen LogP contribution in [-0.4, -0.2) is 42.6 Å². The van der Waals surface area contributed by atoms with Gasteiger partial charge in [-0.05, 0) is 44.9 Å². The fraction of sp³-hybridized carbons (Fsp3) is 0.500. The van der Waals surface area contributed by atoms with E-state index in [1.165, 1.54) is 19.2 Å². The van der Waals surface area contributed by atoms with Gasteiger partial charge in [-0.15, -0.1) is 0 Å². The average Bonchev–Trinajstić information content (AvgIpc) is 2.35. The fourth-order valence-corrected chi connectivity index (χ4v) is 1.78. The summed E-state index contributed by atoms with van der Waals surface area (Å²) in [4.78, 5) is 24.6. The number of amides is 2. The largest absolute Gasteiger partial charge is 0.444 e. The van der Waals surface area contributed by atoms with Gasteiger partial charge in [0, 0.05) is 19.7 Å². The molecule has 0 aromatic heterocycles. The topological polar surface area (TPSA) is 58.6 Å². The standard InChI is InChI=1S/C16H22F2N2O3/c1-16(2,3)23-15(22)20(4)10-14(21)19-6-5-11-7-12(17)9-13(18)8-11/h7-9H,5-6,10H2,1-4H3,(H,19,21). The highest BCUT2D eigenvalue weighted by molar-refractivity contribution is 5.82. The molecule has 0 saturated carbocycles. The average molecular weight is 328 g/mol. The summed E-state index contributed by atoms with van der Waals surface area (Å²) in [6.07, 6.45) is -0.309. The molecule has 0 saturated heterocycles. The van der Waals surface area contributed by atoms with E-state index in [4.69, 9.17) is 4.74 Å². The number of hydrogen-bond donors (Lipinski definition) is 1. The number of ether oxygens (including phenoxy) is 1. The van der Waals surface area contributed by atoms with Crippen LogP contribution < -0.4 is 5.32 Å². The first-order valence-electron chi connectivity index (χ1n) is 7.22. The van der Waals surface area contributed by atoms with Gasteiger partial charge in [-0.1, -0.05) is 0 Å². The number of benzene rings is 1. The Balaban J connectivity index is 2.38. The Hall–Kier alpha value is -2.18. The predicted octanol–water partition coefficient (Wildman–Crippen LogP) is 2.49. The quantitative estimate of drug-likeness (QED) is 0.903. The molecule has 0 aliphatic carbocycles. The van der Waals surface area contributed by atoms with Crippen LogP contribution in [0.25, 0.3) is 0 Å². The summed E-state index contributed by atoms with van der Waals surface area (Å²) in [5, 5.41) is 2.59. The zero-order valence-corrected chi connectivity index (χ0v) is 13.8. The van der Waals surface area contributed by atoms with Gasteiger partial charge in [0.05, 0.1) is 0 Å². The molecule has 0 aliphatic heterocycles.